The number of benzene rings is 1. The van der Waals surface area contributed by atoms with Gasteiger partial charge in [0.25, 0.3) is 11.4 Å². The molecule has 9 nitrogen and oxygen atoms in total. The normalized spacial score (nSPS) is 19.6. The van der Waals surface area contributed by atoms with Crippen molar-refractivity contribution >= 4 is 25.7 Å². The van der Waals surface area contributed by atoms with Crippen molar-refractivity contribution in [2.24, 2.45) is 0 Å². The predicted molar refractivity (Wildman–Crippen MR) is 109 cm³/mol. The van der Waals surface area contributed by atoms with Crippen LogP contribution in [0.5, 0.6) is 0 Å². The molecule has 10 heteroatoms. The first kappa shape index (κ1) is 22.7. The molecular formula is C19H26N2O7Si. The van der Waals surface area contributed by atoms with E-state index < -0.39 is 41.6 Å². The highest BCUT2D eigenvalue weighted by atomic mass is 28.4. The zero-order valence-electron chi connectivity index (χ0n) is 17.2. The molecular weight excluding hydrogens is 396 g/mol. The summed E-state index contributed by atoms with van der Waals surface area (Å²) in [4.78, 5) is 32.7. The molecule has 1 aromatic rings. The first-order valence-electron chi connectivity index (χ1n) is 9.31. The summed E-state index contributed by atoms with van der Waals surface area (Å²) < 4.78 is 11.7. The van der Waals surface area contributed by atoms with Gasteiger partial charge >= 0.3 is 5.97 Å². The van der Waals surface area contributed by atoms with E-state index in [1.165, 1.54) is 0 Å². The average molecular weight is 423 g/mol. The van der Waals surface area contributed by atoms with Gasteiger partial charge in [0.05, 0.1) is 27.6 Å². The molecule has 1 aromatic carbocycles. The Morgan fingerprint density at radius 3 is 1.90 bits per heavy atom. The second-order valence-electron chi connectivity index (χ2n) is 8.57. The van der Waals surface area contributed by atoms with Gasteiger partial charge in [-0.05, 0) is 37.0 Å². The Kier molecular flexibility index (Phi) is 6.59. The third kappa shape index (κ3) is 5.70. The summed E-state index contributed by atoms with van der Waals surface area (Å²) in [5.74, 6) is -0.838. The lowest BCUT2D eigenvalue weighted by atomic mass is 10.0. The SMILES string of the molecule is CC(C)(C)[Si](C)(C)O[C@H]1C=C[C@H](OC(=O)c2cc([N+](=O)[O-])cc([N+](=O)[O-])c2)CC1. The highest BCUT2D eigenvalue weighted by Crippen LogP contribution is 2.38. The van der Waals surface area contributed by atoms with Crippen LogP contribution in [0, 0.1) is 20.2 Å². The van der Waals surface area contributed by atoms with Crippen LogP contribution >= 0.6 is 0 Å². The summed E-state index contributed by atoms with van der Waals surface area (Å²) in [6, 6.07) is 2.76. The molecule has 0 fully saturated rings. The molecule has 2 atom stereocenters. The molecule has 0 saturated heterocycles. The van der Waals surface area contributed by atoms with E-state index in [1.54, 1.807) is 6.08 Å². The number of nitrogens with zero attached hydrogens (tertiary/aromatic N) is 2. The Morgan fingerprint density at radius 2 is 1.48 bits per heavy atom. The van der Waals surface area contributed by atoms with E-state index in [0.717, 1.165) is 18.2 Å². The average Bonchev–Trinajstić information content (AvgIpc) is 2.61. The van der Waals surface area contributed by atoms with Gasteiger partial charge in [0.15, 0.2) is 8.32 Å². The molecule has 0 N–H and O–H groups in total. The molecule has 0 saturated carbocycles. The van der Waals surface area contributed by atoms with Crippen LogP contribution < -0.4 is 0 Å². The number of carbonyl (C=O) groups is 1. The number of nitro groups is 2. The Labute approximate surface area is 170 Å². The van der Waals surface area contributed by atoms with E-state index in [-0.39, 0.29) is 16.7 Å². The maximum Gasteiger partial charge on any atom is 0.339 e. The number of rotatable bonds is 6. The standard InChI is InChI=1S/C19H26N2O7Si/c1-19(2,3)29(4,5)28-17-8-6-16(7-9-17)27-18(22)13-10-14(20(23)24)12-15(11-13)21(25)26/h6,8,10-12,16-17H,7,9H2,1-5H3/t16-,17-/m0/s1. The fraction of sp³-hybridized carbons (Fsp3) is 0.526. The van der Waals surface area contributed by atoms with Crippen molar-refractivity contribution in [2.45, 2.75) is 64.0 Å². The van der Waals surface area contributed by atoms with E-state index in [4.69, 9.17) is 9.16 Å². The lowest BCUT2D eigenvalue weighted by Gasteiger charge is -2.39. The number of hydrogen-bond acceptors (Lipinski definition) is 7. The van der Waals surface area contributed by atoms with Crippen LogP contribution in [0.3, 0.4) is 0 Å². The summed E-state index contributed by atoms with van der Waals surface area (Å²) in [7, 11) is -1.92. The van der Waals surface area contributed by atoms with E-state index in [9.17, 15) is 25.0 Å². The van der Waals surface area contributed by atoms with Crippen molar-refractivity contribution in [3.05, 3.63) is 56.1 Å². The van der Waals surface area contributed by atoms with E-state index in [1.807, 2.05) is 6.08 Å². The highest BCUT2D eigenvalue weighted by molar-refractivity contribution is 6.74. The molecule has 0 heterocycles. The molecule has 1 aliphatic rings. The number of carbonyl (C=O) groups excluding carboxylic acids is 1. The third-order valence-electron chi connectivity index (χ3n) is 5.35. The van der Waals surface area contributed by atoms with Crippen LogP contribution in [-0.2, 0) is 9.16 Å². The molecule has 1 aliphatic carbocycles. The summed E-state index contributed by atoms with van der Waals surface area (Å²) in [5, 5.41) is 22.0. The van der Waals surface area contributed by atoms with Gasteiger partial charge in [0, 0.05) is 12.1 Å². The molecule has 2 rings (SSSR count). The van der Waals surface area contributed by atoms with E-state index >= 15 is 0 Å². The Balaban J connectivity index is 2.08. The Morgan fingerprint density at radius 1 is 1.00 bits per heavy atom. The third-order valence-corrected chi connectivity index (χ3v) is 9.85. The van der Waals surface area contributed by atoms with Gasteiger partial charge in [0.1, 0.15) is 6.10 Å². The number of hydrogen-bond donors (Lipinski definition) is 0. The topological polar surface area (TPSA) is 122 Å². The largest absolute Gasteiger partial charge is 0.455 e. The minimum atomic E-state index is -1.92. The van der Waals surface area contributed by atoms with Crippen molar-refractivity contribution in [3.63, 3.8) is 0 Å². The Bertz CT molecular complexity index is 813. The minimum absolute atomic E-state index is 0.0512. The van der Waals surface area contributed by atoms with Crippen molar-refractivity contribution < 1.29 is 23.8 Å². The summed E-state index contributed by atoms with van der Waals surface area (Å²) in [6.07, 6.45) is 4.27. The molecule has 0 unspecified atom stereocenters. The number of nitro benzene ring substituents is 2. The minimum Gasteiger partial charge on any atom is -0.455 e. The van der Waals surface area contributed by atoms with E-state index in [2.05, 4.69) is 33.9 Å². The van der Waals surface area contributed by atoms with Crippen LogP contribution in [0.15, 0.2) is 30.4 Å². The summed E-state index contributed by atoms with van der Waals surface area (Å²) in [5.41, 5.74) is -1.29. The van der Waals surface area contributed by atoms with E-state index in [0.29, 0.717) is 12.8 Å². The maximum atomic E-state index is 12.4. The summed E-state index contributed by atoms with van der Waals surface area (Å²) in [6.45, 7) is 10.8. The molecule has 0 amide bonds. The first-order chi connectivity index (χ1) is 13.3. The number of non-ortho nitro benzene ring substituents is 2. The van der Waals surface area contributed by atoms with Gasteiger partial charge in [-0.25, -0.2) is 4.79 Å². The van der Waals surface area contributed by atoms with Crippen LogP contribution in [-0.4, -0.2) is 36.3 Å². The lowest BCUT2D eigenvalue weighted by Crippen LogP contribution is -2.44. The van der Waals surface area contributed by atoms with Crippen LogP contribution in [0.1, 0.15) is 44.0 Å². The smallest absolute Gasteiger partial charge is 0.339 e. The molecule has 29 heavy (non-hydrogen) atoms. The Hall–Kier alpha value is -2.59. The fourth-order valence-electron chi connectivity index (χ4n) is 2.65. The molecule has 158 valence electrons. The van der Waals surface area contributed by atoms with Gasteiger partial charge in [-0.3, -0.25) is 20.2 Å². The predicted octanol–water partition coefficient (Wildman–Crippen LogP) is 4.77. The van der Waals surface area contributed by atoms with Crippen LogP contribution in [0.2, 0.25) is 18.1 Å². The fourth-order valence-corrected chi connectivity index (χ4v) is 3.96. The molecule has 0 aromatic heterocycles. The van der Waals surface area contributed by atoms with Crippen molar-refractivity contribution in [1.82, 2.24) is 0 Å². The lowest BCUT2D eigenvalue weighted by molar-refractivity contribution is -0.394. The van der Waals surface area contributed by atoms with Crippen molar-refractivity contribution in [2.75, 3.05) is 0 Å². The first-order valence-corrected chi connectivity index (χ1v) is 12.2. The van der Waals surface area contributed by atoms with Gasteiger partial charge in [0.2, 0.25) is 0 Å². The molecule has 0 radical (unpaired) electrons. The van der Waals surface area contributed by atoms with Crippen molar-refractivity contribution in [1.29, 1.82) is 0 Å². The quantitative estimate of drug-likeness (QED) is 0.213. The molecule has 0 bridgehead atoms. The zero-order chi connectivity index (χ0) is 22.0. The molecule has 0 aliphatic heterocycles. The van der Waals surface area contributed by atoms with Gasteiger partial charge in [-0.15, -0.1) is 0 Å². The van der Waals surface area contributed by atoms with Gasteiger partial charge < -0.3 is 9.16 Å². The summed E-state index contributed by atoms with van der Waals surface area (Å²) >= 11 is 0. The maximum absolute atomic E-state index is 12.4. The highest BCUT2D eigenvalue weighted by Gasteiger charge is 2.39. The van der Waals surface area contributed by atoms with Gasteiger partial charge in [-0.1, -0.05) is 26.8 Å². The monoisotopic (exact) mass is 422 g/mol. The number of esters is 1. The second-order valence-corrected chi connectivity index (χ2v) is 13.3. The van der Waals surface area contributed by atoms with Gasteiger partial charge in [-0.2, -0.15) is 0 Å². The second kappa shape index (κ2) is 8.42. The zero-order valence-corrected chi connectivity index (χ0v) is 18.2. The number of ether oxygens (including phenoxy) is 1. The van der Waals surface area contributed by atoms with Crippen molar-refractivity contribution in [3.8, 4) is 0 Å². The molecule has 0 spiro atoms. The van der Waals surface area contributed by atoms with Crippen LogP contribution in [0.25, 0.3) is 0 Å². The van der Waals surface area contributed by atoms with Crippen LogP contribution in [0.4, 0.5) is 11.4 Å².